The fraction of sp³-hybridized carbons (Fsp3) is 0.303. The summed E-state index contributed by atoms with van der Waals surface area (Å²) in [5.41, 5.74) is 6.83. The molecular formula is C33H37N7O2. The van der Waals surface area contributed by atoms with Crippen LogP contribution < -0.4 is 5.32 Å². The molecule has 0 aliphatic heterocycles. The highest BCUT2D eigenvalue weighted by Gasteiger charge is 2.18. The molecule has 0 fully saturated rings. The van der Waals surface area contributed by atoms with Crippen molar-refractivity contribution in [3.8, 4) is 33.6 Å². The Kier molecular flexibility index (Phi) is 9.51. The van der Waals surface area contributed by atoms with Gasteiger partial charge >= 0.3 is 0 Å². The fourth-order valence-electron chi connectivity index (χ4n) is 4.89. The molecule has 9 nitrogen and oxygen atoms in total. The molecule has 0 bridgehead atoms. The molecule has 9 heteroatoms. The molecule has 5 aromatic rings. The first-order valence-corrected chi connectivity index (χ1v) is 14.5. The lowest BCUT2D eigenvalue weighted by Crippen LogP contribution is -2.30. The lowest BCUT2D eigenvalue weighted by Gasteiger charge is -2.14. The molecule has 0 aliphatic carbocycles. The molecule has 42 heavy (non-hydrogen) atoms. The number of carbonyl (C=O) groups is 1. The number of benzene rings is 3. The predicted octanol–water partition coefficient (Wildman–Crippen LogP) is 5.94. The Bertz CT molecular complexity index is 1580. The summed E-state index contributed by atoms with van der Waals surface area (Å²) >= 11 is 0. The lowest BCUT2D eigenvalue weighted by atomic mass is 9.93. The molecule has 0 spiro atoms. The van der Waals surface area contributed by atoms with Crippen LogP contribution in [0.3, 0.4) is 0 Å². The second-order valence-corrected chi connectivity index (χ2v) is 10.5. The number of H-pyrrole nitrogens is 1. The van der Waals surface area contributed by atoms with Gasteiger partial charge in [-0.2, -0.15) is 5.21 Å². The third-order valence-electron chi connectivity index (χ3n) is 7.08. The molecule has 1 amide bonds. The summed E-state index contributed by atoms with van der Waals surface area (Å²) in [6, 6.07) is 25.0. The Morgan fingerprint density at radius 1 is 0.976 bits per heavy atom. The number of carbonyl (C=O) groups excluding carboxylic acids is 1. The van der Waals surface area contributed by atoms with Gasteiger partial charge in [0.2, 0.25) is 5.82 Å². The minimum atomic E-state index is -0.142. The third-order valence-corrected chi connectivity index (χ3v) is 7.08. The van der Waals surface area contributed by atoms with Crippen molar-refractivity contribution in [3.05, 3.63) is 96.1 Å². The number of tetrazole rings is 1. The molecule has 0 saturated carbocycles. The number of aryl methyl sites for hydroxylation is 1. The minimum Gasteiger partial charge on any atom is -0.377 e. The van der Waals surface area contributed by atoms with Crippen molar-refractivity contribution in [2.45, 2.75) is 52.7 Å². The predicted molar refractivity (Wildman–Crippen MR) is 164 cm³/mol. The Hall–Kier alpha value is -4.63. The third kappa shape index (κ3) is 6.98. The zero-order valence-electron chi connectivity index (χ0n) is 24.4. The van der Waals surface area contributed by atoms with Gasteiger partial charge in [-0.1, -0.05) is 74.0 Å². The van der Waals surface area contributed by atoms with Crippen LogP contribution in [0.15, 0.2) is 79.0 Å². The van der Waals surface area contributed by atoms with E-state index in [-0.39, 0.29) is 12.0 Å². The summed E-state index contributed by atoms with van der Waals surface area (Å²) in [4.78, 5) is 17.7. The number of aromatic nitrogens is 6. The SMILES string of the molecule is CCCCc1ncc(C(=O)NCCOC(C)C)n1Cc1ccc(-c2cc(-c3ccccc3)ccc2-c2nn[nH]n2)cc1. The molecule has 2 aromatic heterocycles. The summed E-state index contributed by atoms with van der Waals surface area (Å²) < 4.78 is 7.61. The van der Waals surface area contributed by atoms with Crippen LogP contribution in [0, 0.1) is 0 Å². The number of nitrogens with zero attached hydrogens (tertiary/aromatic N) is 5. The Morgan fingerprint density at radius 3 is 2.48 bits per heavy atom. The van der Waals surface area contributed by atoms with E-state index in [9.17, 15) is 4.79 Å². The van der Waals surface area contributed by atoms with Gasteiger partial charge in [0.05, 0.1) is 18.9 Å². The highest BCUT2D eigenvalue weighted by atomic mass is 16.5. The van der Waals surface area contributed by atoms with Crippen LogP contribution in [0.5, 0.6) is 0 Å². The number of rotatable bonds is 13. The summed E-state index contributed by atoms with van der Waals surface area (Å²) in [7, 11) is 0. The smallest absolute Gasteiger partial charge is 0.269 e. The van der Waals surface area contributed by atoms with Crippen LogP contribution in [0.4, 0.5) is 0 Å². The number of aromatic amines is 1. The molecule has 0 unspecified atom stereocenters. The molecule has 0 saturated heterocycles. The first-order chi connectivity index (χ1) is 20.5. The molecule has 0 aliphatic rings. The Morgan fingerprint density at radius 2 is 1.76 bits per heavy atom. The number of unbranched alkanes of at least 4 members (excludes halogenated alkanes) is 1. The van der Waals surface area contributed by atoms with Gasteiger partial charge in [0.1, 0.15) is 11.5 Å². The van der Waals surface area contributed by atoms with Crippen molar-refractivity contribution in [2.24, 2.45) is 0 Å². The summed E-state index contributed by atoms with van der Waals surface area (Å²) in [6.07, 6.45) is 4.69. The van der Waals surface area contributed by atoms with Gasteiger partial charge < -0.3 is 14.6 Å². The van der Waals surface area contributed by atoms with Crippen molar-refractivity contribution < 1.29 is 9.53 Å². The van der Waals surface area contributed by atoms with E-state index in [1.165, 1.54) is 0 Å². The second kappa shape index (κ2) is 13.8. The fourth-order valence-corrected chi connectivity index (χ4v) is 4.89. The van der Waals surface area contributed by atoms with Gasteiger partial charge in [-0.05, 0) is 65.4 Å². The van der Waals surface area contributed by atoms with Gasteiger partial charge in [-0.3, -0.25) is 4.79 Å². The summed E-state index contributed by atoms with van der Waals surface area (Å²) in [6.45, 7) is 7.59. The van der Waals surface area contributed by atoms with Crippen molar-refractivity contribution in [2.75, 3.05) is 13.2 Å². The van der Waals surface area contributed by atoms with E-state index in [0.717, 1.165) is 58.5 Å². The standard InChI is InChI=1S/C33H37N7O2/c1-4-5-11-31-35-21-30(33(41)34-18-19-42-23(2)3)40(31)22-24-12-14-26(15-13-24)29-20-27(25-9-7-6-8-10-25)16-17-28(29)32-36-38-39-37-32/h6-10,12-17,20-21,23H,4-5,11,18-19,22H2,1-3H3,(H,34,41)(H,36,37,38,39). The number of imidazole rings is 1. The van der Waals surface area contributed by atoms with E-state index in [1.54, 1.807) is 6.20 Å². The summed E-state index contributed by atoms with van der Waals surface area (Å²) in [5.74, 6) is 1.32. The van der Waals surface area contributed by atoms with Crippen LogP contribution in [-0.4, -0.2) is 55.3 Å². The number of amides is 1. The van der Waals surface area contributed by atoms with Crippen LogP contribution in [0.1, 0.15) is 55.5 Å². The number of nitrogens with one attached hydrogen (secondary N) is 2. The molecule has 216 valence electrons. The van der Waals surface area contributed by atoms with E-state index in [2.05, 4.69) is 86.4 Å². The topological polar surface area (TPSA) is 111 Å². The largest absolute Gasteiger partial charge is 0.377 e. The van der Waals surface area contributed by atoms with Crippen LogP contribution in [-0.2, 0) is 17.7 Å². The maximum absolute atomic E-state index is 13.1. The van der Waals surface area contributed by atoms with E-state index in [4.69, 9.17) is 4.74 Å². The average Bonchev–Trinajstić information content (AvgIpc) is 3.69. The maximum atomic E-state index is 13.1. The summed E-state index contributed by atoms with van der Waals surface area (Å²) in [5, 5.41) is 17.8. The average molecular weight is 564 g/mol. The molecule has 0 radical (unpaired) electrons. The molecule has 2 N–H and O–H groups in total. The number of ether oxygens (including phenoxy) is 1. The number of hydrogen-bond acceptors (Lipinski definition) is 6. The second-order valence-electron chi connectivity index (χ2n) is 10.5. The van der Waals surface area contributed by atoms with E-state index < -0.39 is 0 Å². The molecule has 3 aromatic carbocycles. The molecule has 5 rings (SSSR count). The van der Waals surface area contributed by atoms with Crippen molar-refractivity contribution in [3.63, 3.8) is 0 Å². The highest BCUT2D eigenvalue weighted by Crippen LogP contribution is 2.34. The zero-order chi connectivity index (χ0) is 29.3. The quantitative estimate of drug-likeness (QED) is 0.172. The van der Waals surface area contributed by atoms with Gasteiger partial charge in [0, 0.05) is 25.1 Å². The van der Waals surface area contributed by atoms with Crippen LogP contribution in [0.25, 0.3) is 33.6 Å². The van der Waals surface area contributed by atoms with Crippen molar-refractivity contribution in [1.29, 1.82) is 0 Å². The lowest BCUT2D eigenvalue weighted by molar-refractivity contribution is 0.0743. The van der Waals surface area contributed by atoms with Gasteiger partial charge in [0.15, 0.2) is 0 Å². The van der Waals surface area contributed by atoms with E-state index in [1.807, 2.05) is 42.7 Å². The first kappa shape index (κ1) is 28.9. The maximum Gasteiger partial charge on any atom is 0.269 e. The van der Waals surface area contributed by atoms with Gasteiger partial charge in [-0.15, -0.1) is 10.2 Å². The molecule has 0 atom stereocenters. The monoisotopic (exact) mass is 563 g/mol. The Balaban J connectivity index is 1.42. The van der Waals surface area contributed by atoms with Gasteiger partial charge in [0.25, 0.3) is 5.91 Å². The van der Waals surface area contributed by atoms with Crippen LogP contribution in [0.2, 0.25) is 0 Å². The Labute approximate surface area is 246 Å². The van der Waals surface area contributed by atoms with Gasteiger partial charge in [-0.25, -0.2) is 4.98 Å². The van der Waals surface area contributed by atoms with Crippen molar-refractivity contribution in [1.82, 2.24) is 35.5 Å². The first-order valence-electron chi connectivity index (χ1n) is 14.5. The molecular weight excluding hydrogens is 526 g/mol. The highest BCUT2D eigenvalue weighted by molar-refractivity contribution is 5.92. The van der Waals surface area contributed by atoms with Crippen LogP contribution >= 0.6 is 0 Å². The minimum absolute atomic E-state index is 0.125. The molecule has 2 heterocycles. The normalized spacial score (nSPS) is 11.2. The van der Waals surface area contributed by atoms with Crippen molar-refractivity contribution >= 4 is 5.91 Å². The number of hydrogen-bond donors (Lipinski definition) is 2. The zero-order valence-corrected chi connectivity index (χ0v) is 24.4. The van der Waals surface area contributed by atoms with E-state index >= 15 is 0 Å². The van der Waals surface area contributed by atoms with E-state index in [0.29, 0.717) is 31.2 Å².